The van der Waals surface area contributed by atoms with Gasteiger partial charge in [0.15, 0.2) is 0 Å². The molecule has 0 aliphatic heterocycles. The second-order valence-electron chi connectivity index (χ2n) is 5.50. The van der Waals surface area contributed by atoms with Crippen LogP contribution in [0.25, 0.3) is 0 Å². The molecular weight excluding hydrogens is 311 g/mol. The lowest BCUT2D eigenvalue weighted by molar-refractivity contribution is -0.130. The number of amides is 2. The first-order chi connectivity index (χ1) is 10.3. The van der Waals surface area contributed by atoms with Gasteiger partial charge in [-0.1, -0.05) is 11.6 Å². The standard InChI is InChI=1S/C15H18ClFN2O3/c1-8(20)13(18-14(21)9-3-4-9)15(22)19(2)10-5-6-12(17)11(16)7-10/h5-9,13,20H,3-4H2,1-2H3,(H,18,21). The van der Waals surface area contributed by atoms with Crippen LogP contribution < -0.4 is 10.2 Å². The Hall–Kier alpha value is -1.66. The van der Waals surface area contributed by atoms with Gasteiger partial charge in [0.1, 0.15) is 11.9 Å². The Bertz CT molecular complexity index is 590. The number of rotatable bonds is 5. The minimum Gasteiger partial charge on any atom is -0.391 e. The van der Waals surface area contributed by atoms with Gasteiger partial charge in [0.2, 0.25) is 5.91 Å². The zero-order valence-corrected chi connectivity index (χ0v) is 13.1. The number of nitrogens with one attached hydrogen (secondary N) is 1. The number of anilines is 1. The van der Waals surface area contributed by atoms with Crippen LogP contribution in [0.3, 0.4) is 0 Å². The molecule has 5 nitrogen and oxygen atoms in total. The Morgan fingerprint density at radius 3 is 2.59 bits per heavy atom. The number of halogens is 2. The molecule has 1 saturated carbocycles. The summed E-state index contributed by atoms with van der Waals surface area (Å²) in [5, 5.41) is 12.2. The molecule has 2 atom stereocenters. The number of aliphatic hydroxyl groups is 1. The molecular formula is C15H18ClFN2O3. The van der Waals surface area contributed by atoms with E-state index >= 15 is 0 Å². The molecule has 2 amide bonds. The van der Waals surface area contributed by atoms with Crippen molar-refractivity contribution >= 4 is 29.1 Å². The van der Waals surface area contributed by atoms with Crippen molar-refractivity contribution in [2.24, 2.45) is 5.92 Å². The molecule has 1 aliphatic rings. The highest BCUT2D eigenvalue weighted by Gasteiger charge is 2.35. The van der Waals surface area contributed by atoms with Gasteiger partial charge in [-0.25, -0.2) is 4.39 Å². The van der Waals surface area contributed by atoms with Crippen LogP contribution in [0, 0.1) is 11.7 Å². The molecule has 120 valence electrons. The van der Waals surface area contributed by atoms with Gasteiger partial charge in [-0.3, -0.25) is 9.59 Å². The Balaban J connectivity index is 2.14. The highest BCUT2D eigenvalue weighted by Crippen LogP contribution is 2.29. The monoisotopic (exact) mass is 328 g/mol. The molecule has 2 N–H and O–H groups in total. The van der Waals surface area contributed by atoms with Crippen LogP contribution >= 0.6 is 11.6 Å². The summed E-state index contributed by atoms with van der Waals surface area (Å²) >= 11 is 5.71. The van der Waals surface area contributed by atoms with E-state index in [-0.39, 0.29) is 16.8 Å². The van der Waals surface area contributed by atoms with Crippen LogP contribution in [0.15, 0.2) is 18.2 Å². The summed E-state index contributed by atoms with van der Waals surface area (Å²) in [6.45, 7) is 1.43. The maximum Gasteiger partial charge on any atom is 0.251 e. The quantitative estimate of drug-likeness (QED) is 0.864. The summed E-state index contributed by atoms with van der Waals surface area (Å²) in [5.41, 5.74) is 0.378. The average Bonchev–Trinajstić information content (AvgIpc) is 3.30. The van der Waals surface area contributed by atoms with E-state index in [1.807, 2.05) is 0 Å². The van der Waals surface area contributed by atoms with Crippen molar-refractivity contribution in [3.8, 4) is 0 Å². The molecule has 0 bridgehead atoms. The van der Waals surface area contributed by atoms with Gasteiger partial charge >= 0.3 is 0 Å². The average molecular weight is 329 g/mol. The van der Waals surface area contributed by atoms with Crippen molar-refractivity contribution in [1.29, 1.82) is 0 Å². The summed E-state index contributed by atoms with van der Waals surface area (Å²) in [6, 6.07) is 2.82. The summed E-state index contributed by atoms with van der Waals surface area (Å²) < 4.78 is 13.2. The van der Waals surface area contributed by atoms with Crippen molar-refractivity contribution in [1.82, 2.24) is 5.32 Å². The van der Waals surface area contributed by atoms with Crippen molar-refractivity contribution in [3.05, 3.63) is 29.0 Å². The van der Waals surface area contributed by atoms with Crippen LogP contribution in [0.4, 0.5) is 10.1 Å². The van der Waals surface area contributed by atoms with Gasteiger partial charge in [-0.2, -0.15) is 0 Å². The first kappa shape index (κ1) is 16.7. The van der Waals surface area contributed by atoms with E-state index in [4.69, 9.17) is 11.6 Å². The predicted molar refractivity (Wildman–Crippen MR) is 81.2 cm³/mol. The van der Waals surface area contributed by atoms with E-state index < -0.39 is 23.9 Å². The number of hydrogen-bond acceptors (Lipinski definition) is 3. The van der Waals surface area contributed by atoms with E-state index in [1.54, 1.807) is 0 Å². The zero-order valence-electron chi connectivity index (χ0n) is 12.3. The fourth-order valence-corrected chi connectivity index (χ4v) is 2.21. The molecule has 2 unspecified atom stereocenters. The summed E-state index contributed by atoms with van der Waals surface area (Å²) in [6.07, 6.45) is 0.555. The zero-order chi connectivity index (χ0) is 16.4. The second kappa shape index (κ2) is 6.62. The maximum atomic E-state index is 13.2. The normalized spacial score (nSPS) is 16.8. The van der Waals surface area contributed by atoms with Crippen molar-refractivity contribution in [3.63, 3.8) is 0 Å². The number of hydrogen-bond donors (Lipinski definition) is 2. The number of likely N-dealkylation sites (N-methyl/N-ethyl adjacent to an activating group) is 1. The first-order valence-corrected chi connectivity index (χ1v) is 7.40. The molecule has 1 fully saturated rings. The Morgan fingerprint density at radius 1 is 1.45 bits per heavy atom. The third kappa shape index (κ3) is 3.75. The third-order valence-electron chi connectivity index (χ3n) is 3.62. The van der Waals surface area contributed by atoms with Gasteiger partial charge in [-0.05, 0) is 38.0 Å². The van der Waals surface area contributed by atoms with Crippen LogP contribution in [-0.4, -0.2) is 36.1 Å². The molecule has 2 rings (SSSR count). The summed E-state index contributed by atoms with van der Waals surface area (Å²) in [7, 11) is 1.48. The molecule has 0 heterocycles. The lowest BCUT2D eigenvalue weighted by Crippen LogP contribution is -2.53. The fraction of sp³-hybridized carbons (Fsp3) is 0.467. The Labute approximate surface area is 133 Å². The number of benzene rings is 1. The number of nitrogens with zero attached hydrogens (tertiary/aromatic N) is 1. The van der Waals surface area contributed by atoms with Gasteiger partial charge in [0, 0.05) is 18.7 Å². The van der Waals surface area contributed by atoms with E-state index in [2.05, 4.69) is 5.32 Å². The minimum atomic E-state index is -1.05. The number of aliphatic hydroxyl groups excluding tert-OH is 1. The molecule has 7 heteroatoms. The minimum absolute atomic E-state index is 0.0698. The molecule has 0 spiro atoms. The van der Waals surface area contributed by atoms with Crippen LogP contribution in [0.1, 0.15) is 19.8 Å². The van der Waals surface area contributed by atoms with Gasteiger partial charge in [-0.15, -0.1) is 0 Å². The number of carbonyl (C=O) groups is 2. The van der Waals surface area contributed by atoms with E-state index in [1.165, 1.54) is 31.0 Å². The largest absolute Gasteiger partial charge is 0.391 e. The van der Waals surface area contributed by atoms with Crippen LogP contribution in [0.2, 0.25) is 5.02 Å². The molecule has 0 aromatic heterocycles. The van der Waals surface area contributed by atoms with Gasteiger partial charge in [0.05, 0.1) is 11.1 Å². The molecule has 0 saturated heterocycles. The topological polar surface area (TPSA) is 69.6 Å². The molecule has 1 aromatic rings. The Kier molecular flexibility index (Phi) is 5.03. The van der Waals surface area contributed by atoms with E-state index in [9.17, 15) is 19.1 Å². The SMILES string of the molecule is CC(O)C(NC(=O)C1CC1)C(=O)N(C)c1ccc(F)c(Cl)c1. The molecule has 1 aliphatic carbocycles. The highest BCUT2D eigenvalue weighted by atomic mass is 35.5. The van der Waals surface area contributed by atoms with Crippen LogP contribution in [-0.2, 0) is 9.59 Å². The molecule has 0 radical (unpaired) electrons. The third-order valence-corrected chi connectivity index (χ3v) is 3.91. The van der Waals surface area contributed by atoms with E-state index in [0.717, 1.165) is 18.9 Å². The number of carbonyl (C=O) groups excluding carboxylic acids is 2. The van der Waals surface area contributed by atoms with Crippen molar-refractivity contribution in [2.45, 2.75) is 31.9 Å². The van der Waals surface area contributed by atoms with E-state index in [0.29, 0.717) is 5.69 Å². The summed E-state index contributed by atoms with van der Waals surface area (Å²) in [4.78, 5) is 25.5. The second-order valence-corrected chi connectivity index (χ2v) is 5.90. The van der Waals surface area contributed by atoms with Gasteiger partial charge < -0.3 is 15.3 Å². The molecule has 22 heavy (non-hydrogen) atoms. The highest BCUT2D eigenvalue weighted by molar-refractivity contribution is 6.31. The predicted octanol–water partition coefficient (Wildman–Crippen LogP) is 1.72. The van der Waals surface area contributed by atoms with Crippen LogP contribution in [0.5, 0.6) is 0 Å². The van der Waals surface area contributed by atoms with Crippen molar-refractivity contribution < 1.29 is 19.1 Å². The molecule has 1 aromatic carbocycles. The fourth-order valence-electron chi connectivity index (χ4n) is 2.03. The van der Waals surface area contributed by atoms with Crippen molar-refractivity contribution in [2.75, 3.05) is 11.9 Å². The van der Waals surface area contributed by atoms with Gasteiger partial charge in [0.25, 0.3) is 5.91 Å². The maximum absolute atomic E-state index is 13.2. The lowest BCUT2D eigenvalue weighted by Gasteiger charge is -2.26. The lowest BCUT2D eigenvalue weighted by atomic mass is 10.1. The summed E-state index contributed by atoms with van der Waals surface area (Å²) in [5.74, 6) is -1.38. The Morgan fingerprint density at radius 2 is 2.09 bits per heavy atom. The smallest absolute Gasteiger partial charge is 0.251 e. The first-order valence-electron chi connectivity index (χ1n) is 7.02.